The number of hydrogen-bond donors (Lipinski definition) is 1. The molecule has 1 saturated heterocycles. The normalized spacial score (nSPS) is 18.4. The molecule has 0 aromatic carbocycles. The first-order valence-electron chi connectivity index (χ1n) is 7.13. The summed E-state index contributed by atoms with van der Waals surface area (Å²) in [6.07, 6.45) is -0.0622. The van der Waals surface area contributed by atoms with Gasteiger partial charge in [-0.15, -0.1) is 0 Å². The van der Waals surface area contributed by atoms with E-state index >= 15 is 0 Å². The van der Waals surface area contributed by atoms with Crippen LogP contribution in [-0.2, 0) is 9.47 Å². The predicted octanol–water partition coefficient (Wildman–Crippen LogP) is 1.89. The van der Waals surface area contributed by atoms with E-state index in [1.54, 1.807) is 11.9 Å². The number of carbonyl (C=O) groups excluding carboxylic acids is 1. The van der Waals surface area contributed by atoms with Crippen LogP contribution in [0.1, 0.15) is 17.0 Å². The van der Waals surface area contributed by atoms with Gasteiger partial charge in [-0.3, -0.25) is 4.98 Å². The quantitative estimate of drug-likeness (QED) is 0.924. The van der Waals surface area contributed by atoms with Crippen molar-refractivity contribution in [3.63, 3.8) is 0 Å². The van der Waals surface area contributed by atoms with Gasteiger partial charge in [0.05, 0.1) is 43.9 Å². The fourth-order valence-electron chi connectivity index (χ4n) is 2.45. The predicted molar refractivity (Wildman–Crippen MR) is 80.7 cm³/mol. The summed E-state index contributed by atoms with van der Waals surface area (Å²) in [6, 6.07) is 1.79. The average molecular weight is 293 g/mol. The standard InChI is InChI=1S/C15H23N3O3/c1-10-7-11(2)16-12(3)14(10)17-15(19)18(4)8-13-9-20-5-6-21-13/h7,13H,5-6,8-9H2,1-4H3,(H,17,19). The maximum Gasteiger partial charge on any atom is 0.321 e. The molecule has 1 aromatic rings. The molecule has 2 amide bonds. The van der Waals surface area contributed by atoms with Crippen LogP contribution in [0.2, 0.25) is 0 Å². The number of aryl methyl sites for hydroxylation is 3. The summed E-state index contributed by atoms with van der Waals surface area (Å²) in [5, 5.41) is 2.92. The Labute approximate surface area is 125 Å². The fourth-order valence-corrected chi connectivity index (χ4v) is 2.45. The summed E-state index contributed by atoms with van der Waals surface area (Å²) < 4.78 is 10.9. The van der Waals surface area contributed by atoms with Crippen molar-refractivity contribution in [3.8, 4) is 0 Å². The van der Waals surface area contributed by atoms with Crippen LogP contribution in [0.25, 0.3) is 0 Å². The monoisotopic (exact) mass is 293 g/mol. The molecule has 6 heteroatoms. The van der Waals surface area contributed by atoms with Gasteiger partial charge in [-0.25, -0.2) is 4.79 Å². The molecule has 2 heterocycles. The van der Waals surface area contributed by atoms with Gasteiger partial charge in [0.25, 0.3) is 0 Å². The Kier molecular flexibility index (Phi) is 5.14. The Hall–Kier alpha value is -1.66. The Bertz CT molecular complexity index is 490. The lowest BCUT2D eigenvalue weighted by Gasteiger charge is -2.27. The number of rotatable bonds is 3. The van der Waals surface area contributed by atoms with Crippen molar-refractivity contribution in [2.75, 3.05) is 38.7 Å². The van der Waals surface area contributed by atoms with Crippen molar-refractivity contribution in [2.45, 2.75) is 26.9 Å². The molecule has 6 nitrogen and oxygen atoms in total. The van der Waals surface area contributed by atoms with Gasteiger partial charge in [-0.1, -0.05) is 0 Å². The first-order valence-corrected chi connectivity index (χ1v) is 7.13. The highest BCUT2D eigenvalue weighted by Gasteiger charge is 2.20. The lowest BCUT2D eigenvalue weighted by atomic mass is 10.1. The number of anilines is 1. The van der Waals surface area contributed by atoms with E-state index in [4.69, 9.17) is 9.47 Å². The van der Waals surface area contributed by atoms with Crippen molar-refractivity contribution >= 4 is 11.7 Å². The summed E-state index contributed by atoms with van der Waals surface area (Å²) in [6.45, 7) is 8.05. The molecular formula is C15H23N3O3. The van der Waals surface area contributed by atoms with Crippen LogP contribution >= 0.6 is 0 Å². The first-order chi connectivity index (χ1) is 9.97. The number of aromatic nitrogens is 1. The van der Waals surface area contributed by atoms with Crippen molar-refractivity contribution < 1.29 is 14.3 Å². The van der Waals surface area contributed by atoms with Crippen LogP contribution in [0.15, 0.2) is 6.07 Å². The Morgan fingerprint density at radius 2 is 2.19 bits per heavy atom. The molecule has 1 aromatic heterocycles. The van der Waals surface area contributed by atoms with Gasteiger partial charge in [-0.05, 0) is 32.4 Å². The van der Waals surface area contributed by atoms with E-state index in [1.807, 2.05) is 26.8 Å². The smallest absolute Gasteiger partial charge is 0.321 e. The Balaban J connectivity index is 1.97. The van der Waals surface area contributed by atoms with Crippen LogP contribution in [-0.4, -0.2) is 55.4 Å². The summed E-state index contributed by atoms with van der Waals surface area (Å²) in [4.78, 5) is 18.3. The number of nitrogens with one attached hydrogen (secondary N) is 1. The molecular weight excluding hydrogens is 270 g/mol. The van der Waals surface area contributed by atoms with Gasteiger partial charge in [-0.2, -0.15) is 0 Å². The molecule has 21 heavy (non-hydrogen) atoms. The molecule has 0 saturated carbocycles. The molecule has 0 spiro atoms. The Morgan fingerprint density at radius 3 is 2.81 bits per heavy atom. The Morgan fingerprint density at radius 1 is 1.43 bits per heavy atom. The van der Waals surface area contributed by atoms with Crippen molar-refractivity contribution in [2.24, 2.45) is 0 Å². The largest absolute Gasteiger partial charge is 0.376 e. The van der Waals surface area contributed by atoms with Gasteiger partial charge in [0.15, 0.2) is 0 Å². The van der Waals surface area contributed by atoms with E-state index < -0.39 is 0 Å². The zero-order chi connectivity index (χ0) is 15.4. The zero-order valence-electron chi connectivity index (χ0n) is 13.1. The summed E-state index contributed by atoms with van der Waals surface area (Å²) in [5.41, 5.74) is 3.56. The SMILES string of the molecule is Cc1cc(C)c(NC(=O)N(C)CC2COCCO2)c(C)n1. The van der Waals surface area contributed by atoms with E-state index in [0.717, 1.165) is 22.6 Å². The minimum atomic E-state index is -0.166. The minimum Gasteiger partial charge on any atom is -0.376 e. The minimum absolute atomic E-state index is 0.0622. The summed E-state index contributed by atoms with van der Waals surface area (Å²) in [5.74, 6) is 0. The molecule has 116 valence electrons. The van der Waals surface area contributed by atoms with Gasteiger partial charge < -0.3 is 19.7 Å². The van der Waals surface area contributed by atoms with Gasteiger partial charge in [0, 0.05) is 12.7 Å². The molecule has 1 unspecified atom stereocenters. The molecule has 2 rings (SSSR count). The molecule has 1 atom stereocenters. The number of pyridine rings is 1. The summed E-state index contributed by atoms with van der Waals surface area (Å²) in [7, 11) is 1.75. The van der Waals surface area contributed by atoms with E-state index in [1.165, 1.54) is 0 Å². The van der Waals surface area contributed by atoms with Gasteiger partial charge in [0.2, 0.25) is 0 Å². The number of urea groups is 1. The summed E-state index contributed by atoms with van der Waals surface area (Å²) >= 11 is 0. The van der Waals surface area contributed by atoms with E-state index in [9.17, 15) is 4.79 Å². The van der Waals surface area contributed by atoms with E-state index in [2.05, 4.69) is 10.3 Å². The van der Waals surface area contributed by atoms with Crippen molar-refractivity contribution in [1.82, 2.24) is 9.88 Å². The maximum absolute atomic E-state index is 12.3. The third kappa shape index (κ3) is 4.15. The van der Waals surface area contributed by atoms with Crippen LogP contribution < -0.4 is 5.32 Å². The van der Waals surface area contributed by atoms with Crippen LogP contribution in [0.4, 0.5) is 10.5 Å². The second-order valence-corrected chi connectivity index (χ2v) is 5.42. The maximum atomic E-state index is 12.3. The molecule has 1 fully saturated rings. The van der Waals surface area contributed by atoms with Crippen molar-refractivity contribution in [3.05, 3.63) is 23.0 Å². The number of hydrogen-bond acceptors (Lipinski definition) is 4. The zero-order valence-corrected chi connectivity index (χ0v) is 13.1. The topological polar surface area (TPSA) is 63.7 Å². The fraction of sp³-hybridized carbons (Fsp3) is 0.600. The third-order valence-electron chi connectivity index (χ3n) is 3.47. The first kappa shape index (κ1) is 15.7. The molecule has 1 N–H and O–H groups in total. The van der Waals surface area contributed by atoms with Crippen LogP contribution in [0.3, 0.4) is 0 Å². The highest BCUT2D eigenvalue weighted by Crippen LogP contribution is 2.19. The number of carbonyl (C=O) groups is 1. The highest BCUT2D eigenvalue weighted by atomic mass is 16.6. The lowest BCUT2D eigenvalue weighted by Crippen LogP contribution is -2.42. The highest BCUT2D eigenvalue weighted by molar-refractivity contribution is 5.90. The molecule has 1 aliphatic rings. The number of nitrogens with zero attached hydrogens (tertiary/aromatic N) is 2. The van der Waals surface area contributed by atoms with Crippen LogP contribution in [0.5, 0.6) is 0 Å². The van der Waals surface area contributed by atoms with Crippen molar-refractivity contribution in [1.29, 1.82) is 0 Å². The second-order valence-electron chi connectivity index (χ2n) is 5.42. The van der Waals surface area contributed by atoms with E-state index in [-0.39, 0.29) is 12.1 Å². The molecule has 0 bridgehead atoms. The number of amides is 2. The average Bonchev–Trinajstić information content (AvgIpc) is 2.43. The van der Waals surface area contributed by atoms with Gasteiger partial charge in [0.1, 0.15) is 0 Å². The van der Waals surface area contributed by atoms with E-state index in [0.29, 0.717) is 26.4 Å². The molecule has 1 aliphatic heterocycles. The number of likely N-dealkylation sites (N-methyl/N-ethyl adjacent to an activating group) is 1. The van der Waals surface area contributed by atoms with Gasteiger partial charge >= 0.3 is 6.03 Å². The second kappa shape index (κ2) is 6.87. The molecule has 0 aliphatic carbocycles. The number of ether oxygens (including phenoxy) is 2. The van der Waals surface area contributed by atoms with Crippen LogP contribution in [0, 0.1) is 20.8 Å². The third-order valence-corrected chi connectivity index (χ3v) is 3.47. The molecule has 0 radical (unpaired) electrons. The lowest BCUT2D eigenvalue weighted by molar-refractivity contribution is -0.0925.